The Labute approximate surface area is 199 Å². The Morgan fingerprint density at radius 2 is 1.97 bits per heavy atom. The van der Waals surface area contributed by atoms with Crippen LogP contribution in [0.2, 0.25) is 10.0 Å². The van der Waals surface area contributed by atoms with Crippen molar-refractivity contribution in [1.29, 1.82) is 0 Å². The highest BCUT2D eigenvalue weighted by atomic mass is 35.5. The van der Waals surface area contributed by atoms with E-state index >= 15 is 0 Å². The number of nitrogens with zero attached hydrogens (tertiary/aromatic N) is 3. The lowest BCUT2D eigenvalue weighted by atomic mass is 10.1. The van der Waals surface area contributed by atoms with E-state index in [1.54, 1.807) is 36.8 Å². The molecule has 2 N–H and O–H groups in total. The highest BCUT2D eigenvalue weighted by molar-refractivity contribution is 7.17. The van der Waals surface area contributed by atoms with Crippen molar-refractivity contribution in [1.82, 2.24) is 20.3 Å². The van der Waals surface area contributed by atoms with E-state index < -0.39 is 0 Å². The summed E-state index contributed by atoms with van der Waals surface area (Å²) in [4.78, 5) is 27.0. The summed E-state index contributed by atoms with van der Waals surface area (Å²) in [6, 6.07) is 14.7. The Balaban J connectivity index is 1.35. The maximum Gasteiger partial charge on any atom is 0.261 e. The van der Waals surface area contributed by atoms with E-state index in [2.05, 4.69) is 25.6 Å². The lowest BCUT2D eigenvalue weighted by Crippen LogP contribution is -2.24. The van der Waals surface area contributed by atoms with Crippen LogP contribution in [0.25, 0.3) is 10.6 Å². The molecule has 0 radical (unpaired) electrons. The van der Waals surface area contributed by atoms with E-state index in [1.165, 1.54) is 11.3 Å². The normalized spacial score (nSPS) is 10.7. The lowest BCUT2D eigenvalue weighted by molar-refractivity contribution is 0.0958. The molecular formula is C23H19Cl2N5OS. The van der Waals surface area contributed by atoms with Crippen LogP contribution in [-0.4, -0.2) is 27.4 Å². The molecule has 0 saturated heterocycles. The van der Waals surface area contributed by atoms with E-state index in [0.717, 1.165) is 21.7 Å². The number of benzene rings is 1. The van der Waals surface area contributed by atoms with Gasteiger partial charge in [0.05, 0.1) is 15.4 Å². The van der Waals surface area contributed by atoms with Gasteiger partial charge in [-0.05, 0) is 53.9 Å². The smallest absolute Gasteiger partial charge is 0.261 e. The van der Waals surface area contributed by atoms with Crippen LogP contribution in [0.5, 0.6) is 0 Å². The van der Waals surface area contributed by atoms with Crippen molar-refractivity contribution in [3.05, 3.63) is 93.2 Å². The number of carbonyl (C=O) groups excluding carboxylic acids is 1. The minimum atomic E-state index is -0.129. The molecule has 1 aromatic carbocycles. The van der Waals surface area contributed by atoms with Crippen molar-refractivity contribution in [2.75, 3.05) is 11.9 Å². The molecule has 6 nitrogen and oxygen atoms in total. The molecule has 4 aromatic rings. The molecule has 3 aromatic heterocycles. The second kappa shape index (κ2) is 10.5. The molecule has 3 heterocycles. The lowest BCUT2D eigenvalue weighted by Gasteiger charge is -2.06. The van der Waals surface area contributed by atoms with Gasteiger partial charge in [-0.2, -0.15) is 0 Å². The molecular weight excluding hydrogens is 465 g/mol. The topological polar surface area (TPSA) is 79.8 Å². The van der Waals surface area contributed by atoms with Gasteiger partial charge in [-0.1, -0.05) is 35.3 Å². The molecule has 0 aliphatic carbocycles. The van der Waals surface area contributed by atoms with Gasteiger partial charge in [0.2, 0.25) is 5.95 Å². The first-order valence-corrected chi connectivity index (χ1v) is 11.4. The van der Waals surface area contributed by atoms with Crippen LogP contribution >= 0.6 is 34.5 Å². The van der Waals surface area contributed by atoms with E-state index in [9.17, 15) is 4.79 Å². The molecule has 1 amide bonds. The van der Waals surface area contributed by atoms with Crippen molar-refractivity contribution >= 4 is 46.4 Å². The van der Waals surface area contributed by atoms with Crippen LogP contribution in [0.4, 0.5) is 5.95 Å². The minimum Gasteiger partial charge on any atom is -0.351 e. The van der Waals surface area contributed by atoms with E-state index in [-0.39, 0.29) is 5.91 Å². The SMILES string of the molecule is O=C(NCCc1ccc(Cl)cc1Cl)c1ccc(-c2ccnc(NCc3cccnc3)n2)s1. The predicted octanol–water partition coefficient (Wildman–Crippen LogP) is 5.49. The zero-order valence-electron chi connectivity index (χ0n) is 16.9. The molecule has 0 spiro atoms. The Bertz CT molecular complexity index is 1220. The number of anilines is 1. The fourth-order valence-electron chi connectivity index (χ4n) is 2.98. The first-order valence-electron chi connectivity index (χ1n) is 9.86. The highest BCUT2D eigenvalue weighted by Gasteiger charge is 2.12. The molecule has 32 heavy (non-hydrogen) atoms. The first kappa shape index (κ1) is 22.2. The van der Waals surface area contributed by atoms with Gasteiger partial charge in [-0.3, -0.25) is 9.78 Å². The fraction of sp³-hybridized carbons (Fsp3) is 0.130. The summed E-state index contributed by atoms with van der Waals surface area (Å²) in [5.74, 6) is 0.390. The molecule has 4 rings (SSSR count). The quantitative estimate of drug-likeness (QED) is 0.346. The molecule has 0 bridgehead atoms. The van der Waals surface area contributed by atoms with Gasteiger partial charge in [-0.15, -0.1) is 11.3 Å². The van der Waals surface area contributed by atoms with Gasteiger partial charge in [-0.25, -0.2) is 9.97 Å². The average Bonchev–Trinajstić information content (AvgIpc) is 3.31. The number of halogens is 2. The van der Waals surface area contributed by atoms with Gasteiger partial charge < -0.3 is 10.6 Å². The molecule has 0 fully saturated rings. The third-order valence-electron chi connectivity index (χ3n) is 4.61. The fourth-order valence-corrected chi connectivity index (χ4v) is 4.38. The second-order valence-corrected chi connectivity index (χ2v) is 8.81. The molecule has 162 valence electrons. The molecule has 0 aliphatic heterocycles. The zero-order valence-corrected chi connectivity index (χ0v) is 19.2. The number of aromatic nitrogens is 3. The van der Waals surface area contributed by atoms with Crippen molar-refractivity contribution in [2.24, 2.45) is 0 Å². The molecule has 0 unspecified atom stereocenters. The summed E-state index contributed by atoms with van der Waals surface area (Å²) in [6.45, 7) is 1.05. The number of hydrogen-bond donors (Lipinski definition) is 2. The number of thiophene rings is 1. The third kappa shape index (κ3) is 5.82. The predicted molar refractivity (Wildman–Crippen MR) is 129 cm³/mol. The summed E-state index contributed by atoms with van der Waals surface area (Å²) in [7, 11) is 0. The Morgan fingerprint density at radius 3 is 2.78 bits per heavy atom. The maximum absolute atomic E-state index is 12.5. The Kier molecular flexibility index (Phi) is 7.32. The third-order valence-corrected chi connectivity index (χ3v) is 6.30. The number of rotatable bonds is 8. The standard InChI is InChI=1S/C23H19Cl2N5OS/c24-17-4-3-16(18(25)12-17)7-10-27-22(31)21-6-5-20(32-21)19-8-11-28-23(30-19)29-14-15-2-1-9-26-13-15/h1-6,8-9,11-13H,7,10,14H2,(H,27,31)(H,28,29,30). The van der Waals surface area contributed by atoms with Crippen LogP contribution < -0.4 is 10.6 Å². The monoisotopic (exact) mass is 483 g/mol. The second-order valence-electron chi connectivity index (χ2n) is 6.89. The largest absolute Gasteiger partial charge is 0.351 e. The maximum atomic E-state index is 12.5. The minimum absolute atomic E-state index is 0.129. The highest BCUT2D eigenvalue weighted by Crippen LogP contribution is 2.27. The Morgan fingerprint density at radius 1 is 1.06 bits per heavy atom. The van der Waals surface area contributed by atoms with E-state index in [4.69, 9.17) is 23.2 Å². The van der Waals surface area contributed by atoms with Crippen LogP contribution in [0, 0.1) is 0 Å². The summed E-state index contributed by atoms with van der Waals surface area (Å²) >= 11 is 13.5. The summed E-state index contributed by atoms with van der Waals surface area (Å²) < 4.78 is 0. The van der Waals surface area contributed by atoms with Crippen molar-refractivity contribution in [2.45, 2.75) is 13.0 Å². The van der Waals surface area contributed by atoms with Gasteiger partial charge in [0.1, 0.15) is 0 Å². The average molecular weight is 484 g/mol. The van der Waals surface area contributed by atoms with Gasteiger partial charge in [0, 0.05) is 41.7 Å². The van der Waals surface area contributed by atoms with E-state index in [0.29, 0.717) is 40.4 Å². The Hall–Kier alpha value is -3.00. The number of hydrogen-bond acceptors (Lipinski definition) is 6. The summed E-state index contributed by atoms with van der Waals surface area (Å²) in [6.07, 6.45) is 5.85. The van der Waals surface area contributed by atoms with Crippen LogP contribution in [-0.2, 0) is 13.0 Å². The van der Waals surface area contributed by atoms with Gasteiger partial charge >= 0.3 is 0 Å². The molecule has 0 saturated carbocycles. The van der Waals surface area contributed by atoms with Crippen LogP contribution in [0.1, 0.15) is 20.8 Å². The number of amides is 1. The van der Waals surface area contributed by atoms with Crippen LogP contribution in [0.3, 0.4) is 0 Å². The number of pyridine rings is 1. The van der Waals surface area contributed by atoms with Gasteiger partial charge in [0.15, 0.2) is 0 Å². The number of nitrogens with one attached hydrogen (secondary N) is 2. The zero-order chi connectivity index (χ0) is 22.3. The molecule has 0 atom stereocenters. The molecule has 9 heteroatoms. The first-order chi connectivity index (χ1) is 15.6. The van der Waals surface area contributed by atoms with Crippen molar-refractivity contribution < 1.29 is 4.79 Å². The van der Waals surface area contributed by atoms with E-state index in [1.807, 2.05) is 30.3 Å². The van der Waals surface area contributed by atoms with Crippen LogP contribution in [0.15, 0.2) is 67.1 Å². The molecule has 0 aliphatic rings. The van der Waals surface area contributed by atoms with Gasteiger partial charge in [0.25, 0.3) is 5.91 Å². The van der Waals surface area contributed by atoms with Crippen molar-refractivity contribution in [3.8, 4) is 10.6 Å². The van der Waals surface area contributed by atoms with Crippen molar-refractivity contribution in [3.63, 3.8) is 0 Å². The summed E-state index contributed by atoms with van der Waals surface area (Å²) in [5.41, 5.74) is 2.73. The number of carbonyl (C=O) groups is 1. The summed E-state index contributed by atoms with van der Waals surface area (Å²) in [5, 5.41) is 7.32.